The Morgan fingerprint density at radius 1 is 1.24 bits per heavy atom. The van der Waals surface area contributed by atoms with Crippen molar-refractivity contribution < 1.29 is 14.6 Å². The molecule has 7 nitrogen and oxygen atoms in total. The fourth-order valence-electron chi connectivity index (χ4n) is 5.37. The molecule has 0 saturated carbocycles. The fourth-order valence-corrected chi connectivity index (χ4v) is 5.37. The van der Waals surface area contributed by atoms with Crippen LogP contribution < -0.4 is 15.4 Å². The Kier molecular flexibility index (Phi) is 13.6. The van der Waals surface area contributed by atoms with Crippen molar-refractivity contribution in [2.75, 3.05) is 33.9 Å². The molecule has 1 aromatic rings. The van der Waals surface area contributed by atoms with E-state index >= 15 is 0 Å². The van der Waals surface area contributed by atoms with Crippen molar-refractivity contribution in [2.45, 2.75) is 104 Å². The van der Waals surface area contributed by atoms with Crippen LogP contribution >= 0.6 is 0 Å². The number of nitrogens with one attached hydrogen (secondary N) is 2. The Labute approximate surface area is 225 Å². The summed E-state index contributed by atoms with van der Waals surface area (Å²) in [5, 5.41) is 17.5. The van der Waals surface area contributed by atoms with Gasteiger partial charge < -0.3 is 19.9 Å². The van der Waals surface area contributed by atoms with Gasteiger partial charge in [-0.2, -0.15) is 0 Å². The average molecular weight is 517 g/mol. The highest BCUT2D eigenvalue weighted by Gasteiger charge is 2.33. The highest BCUT2D eigenvalue weighted by atomic mass is 16.5. The van der Waals surface area contributed by atoms with Crippen molar-refractivity contribution in [3.63, 3.8) is 0 Å². The van der Waals surface area contributed by atoms with Crippen molar-refractivity contribution in [2.24, 2.45) is 4.99 Å². The number of aliphatic hydroxyl groups excluding tert-OH is 1. The van der Waals surface area contributed by atoms with Gasteiger partial charge in [0, 0.05) is 30.4 Å². The third-order valence-corrected chi connectivity index (χ3v) is 7.25. The first kappa shape index (κ1) is 31.3. The number of aliphatic hydroxyl groups is 1. The van der Waals surface area contributed by atoms with Crippen LogP contribution in [0.4, 0.5) is 0 Å². The summed E-state index contributed by atoms with van der Waals surface area (Å²) in [6.45, 7) is 15.2. The number of aryl methyl sites for hydroxylation is 1. The van der Waals surface area contributed by atoms with Crippen LogP contribution in [0.2, 0.25) is 0 Å². The van der Waals surface area contributed by atoms with Crippen molar-refractivity contribution in [3.05, 3.63) is 40.8 Å². The van der Waals surface area contributed by atoms with E-state index in [2.05, 4.69) is 59.5 Å². The van der Waals surface area contributed by atoms with Gasteiger partial charge in [0.1, 0.15) is 5.75 Å². The second-order valence-corrected chi connectivity index (χ2v) is 10.5. The third kappa shape index (κ3) is 9.71. The Hall–Kier alpha value is -1.93. The zero-order valence-electron chi connectivity index (χ0n) is 24.6. The van der Waals surface area contributed by atoms with E-state index < -0.39 is 6.23 Å². The lowest BCUT2D eigenvalue weighted by molar-refractivity contribution is 0.0433. The number of hydrogen-bond donors (Lipinski definition) is 3. The summed E-state index contributed by atoms with van der Waals surface area (Å²) in [5.74, 6) is 1.48. The number of rotatable bonds is 15. The average Bonchev–Trinajstić information content (AvgIpc) is 2.84. The maximum absolute atomic E-state index is 10.9. The molecule has 210 valence electrons. The van der Waals surface area contributed by atoms with Gasteiger partial charge >= 0.3 is 0 Å². The number of allylic oxidation sites excluding steroid dienone is 1. The van der Waals surface area contributed by atoms with Gasteiger partial charge in [0.25, 0.3) is 0 Å². The molecule has 1 aromatic carbocycles. The summed E-state index contributed by atoms with van der Waals surface area (Å²) < 4.78 is 11.6. The molecule has 2 rings (SSSR count). The number of ether oxygens (including phenoxy) is 2. The van der Waals surface area contributed by atoms with Gasteiger partial charge in [-0.05, 0) is 97.5 Å². The van der Waals surface area contributed by atoms with Gasteiger partial charge in [-0.25, -0.2) is 0 Å². The normalized spacial score (nSPS) is 20.7. The third-order valence-electron chi connectivity index (χ3n) is 7.25. The molecule has 0 radical (unpaired) electrons. The molecule has 1 saturated heterocycles. The predicted octanol–water partition coefficient (Wildman–Crippen LogP) is 5.33. The van der Waals surface area contributed by atoms with E-state index in [-0.39, 0.29) is 6.04 Å². The van der Waals surface area contributed by atoms with E-state index in [1.165, 1.54) is 11.1 Å². The van der Waals surface area contributed by atoms with Gasteiger partial charge in [-0.1, -0.05) is 25.5 Å². The van der Waals surface area contributed by atoms with E-state index in [0.717, 1.165) is 69.7 Å². The van der Waals surface area contributed by atoms with Crippen LogP contribution in [0.5, 0.6) is 5.75 Å². The Balaban J connectivity index is 2.04. The molecule has 7 heteroatoms. The Morgan fingerprint density at radius 2 is 2.00 bits per heavy atom. The highest BCUT2D eigenvalue weighted by Crippen LogP contribution is 2.33. The number of hydrogen-bond acceptors (Lipinski definition) is 7. The van der Waals surface area contributed by atoms with Crippen molar-refractivity contribution in [1.29, 1.82) is 0 Å². The summed E-state index contributed by atoms with van der Waals surface area (Å²) in [6, 6.07) is 7.66. The maximum Gasteiger partial charge on any atom is 0.165 e. The first-order chi connectivity index (χ1) is 17.7. The zero-order valence-corrected chi connectivity index (χ0v) is 24.6. The predicted molar refractivity (Wildman–Crippen MR) is 154 cm³/mol. The Bertz CT molecular complexity index is 882. The molecule has 3 N–H and O–H groups in total. The lowest BCUT2D eigenvalue weighted by atomic mass is 9.90. The lowest BCUT2D eigenvalue weighted by Gasteiger charge is -2.44. The maximum atomic E-state index is 10.9. The first-order valence-corrected chi connectivity index (χ1v) is 14.1. The van der Waals surface area contributed by atoms with Crippen LogP contribution in [-0.4, -0.2) is 67.9 Å². The van der Waals surface area contributed by atoms with Crippen LogP contribution in [0.1, 0.15) is 90.3 Å². The van der Waals surface area contributed by atoms with E-state index in [1.54, 1.807) is 7.11 Å². The number of unbranched alkanes of at least 4 members (excludes halogenated alkanes) is 1. The van der Waals surface area contributed by atoms with E-state index in [9.17, 15) is 5.11 Å². The monoisotopic (exact) mass is 516 g/mol. The SMILES string of the molecule is CCCC1CC(NC(O)/C(OC)=C(\C)N=C(C)C)CCN1C(C)c1ccc(OCCCCNC)c(C)c1. The van der Waals surface area contributed by atoms with Crippen molar-refractivity contribution in [1.82, 2.24) is 15.5 Å². The second kappa shape index (κ2) is 16.1. The fraction of sp³-hybridized carbons (Fsp3) is 0.700. The van der Waals surface area contributed by atoms with Gasteiger partial charge in [0.05, 0.1) is 19.4 Å². The number of piperidine rings is 1. The molecular weight excluding hydrogens is 464 g/mol. The number of methoxy groups -OCH3 is 1. The smallest absolute Gasteiger partial charge is 0.165 e. The second-order valence-electron chi connectivity index (χ2n) is 10.5. The largest absolute Gasteiger partial charge is 0.495 e. The standard InChI is InChI=1S/C30H52N4O3/c1-9-12-27-20-26(33-30(35)29(36-8)23(5)32-21(2)3)15-17-34(27)24(6)25-13-14-28(22(4)19-25)37-18-11-10-16-31-7/h13-14,19,24,26-27,30-31,33,35H,9-12,15-18,20H2,1-8H3/b29-23-. The molecule has 0 spiro atoms. The molecule has 0 amide bonds. The summed E-state index contributed by atoms with van der Waals surface area (Å²) in [7, 11) is 3.58. The molecule has 0 bridgehead atoms. The summed E-state index contributed by atoms with van der Waals surface area (Å²) >= 11 is 0. The molecule has 1 heterocycles. The first-order valence-electron chi connectivity index (χ1n) is 14.1. The Morgan fingerprint density at radius 3 is 2.62 bits per heavy atom. The minimum absolute atomic E-state index is 0.222. The van der Waals surface area contributed by atoms with Gasteiger partial charge in [-0.15, -0.1) is 0 Å². The van der Waals surface area contributed by atoms with Gasteiger partial charge in [0.2, 0.25) is 0 Å². The topological polar surface area (TPSA) is 78.3 Å². The molecule has 37 heavy (non-hydrogen) atoms. The van der Waals surface area contributed by atoms with Crippen LogP contribution in [0.15, 0.2) is 34.6 Å². The number of nitrogens with zero attached hydrogens (tertiary/aromatic N) is 2. The molecule has 0 aromatic heterocycles. The number of aliphatic imine (C=N–C) groups is 1. The minimum Gasteiger partial charge on any atom is -0.495 e. The van der Waals surface area contributed by atoms with Crippen molar-refractivity contribution >= 4 is 5.71 Å². The molecule has 1 fully saturated rings. The summed E-state index contributed by atoms with van der Waals surface area (Å²) in [4.78, 5) is 7.11. The summed E-state index contributed by atoms with van der Waals surface area (Å²) in [6.07, 6.45) is 5.56. The van der Waals surface area contributed by atoms with E-state index in [1.807, 2.05) is 27.8 Å². The van der Waals surface area contributed by atoms with E-state index in [0.29, 0.717) is 23.5 Å². The molecular formula is C30H52N4O3. The minimum atomic E-state index is -0.863. The van der Waals surface area contributed by atoms with Crippen LogP contribution in [0.3, 0.4) is 0 Å². The van der Waals surface area contributed by atoms with Crippen LogP contribution in [0.25, 0.3) is 0 Å². The van der Waals surface area contributed by atoms with Crippen molar-refractivity contribution in [3.8, 4) is 5.75 Å². The van der Waals surface area contributed by atoms with E-state index in [4.69, 9.17) is 9.47 Å². The highest BCUT2D eigenvalue weighted by molar-refractivity contribution is 5.80. The molecule has 1 aliphatic rings. The summed E-state index contributed by atoms with van der Waals surface area (Å²) in [5.41, 5.74) is 4.17. The molecule has 0 aliphatic carbocycles. The van der Waals surface area contributed by atoms with Crippen LogP contribution in [-0.2, 0) is 4.74 Å². The zero-order chi connectivity index (χ0) is 27.4. The number of likely N-dealkylation sites (tertiary alicyclic amines) is 1. The van der Waals surface area contributed by atoms with Gasteiger partial charge in [0.15, 0.2) is 12.0 Å². The lowest BCUT2D eigenvalue weighted by Crippen LogP contribution is -2.52. The molecule has 4 atom stereocenters. The van der Waals surface area contributed by atoms with Gasteiger partial charge in [-0.3, -0.25) is 15.2 Å². The quantitative estimate of drug-likeness (QED) is 0.127. The van der Waals surface area contributed by atoms with Crippen LogP contribution in [0, 0.1) is 6.92 Å². The molecule has 4 unspecified atom stereocenters. The number of benzene rings is 1. The molecule has 1 aliphatic heterocycles.